The number of hydrogen-bond acceptors (Lipinski definition) is 11. The van der Waals surface area contributed by atoms with Gasteiger partial charge in [-0.1, -0.05) is 29.5 Å². The van der Waals surface area contributed by atoms with Gasteiger partial charge in [0, 0.05) is 43.1 Å². The number of hydrogen-bond donors (Lipinski definition) is 2. The van der Waals surface area contributed by atoms with E-state index in [0.717, 1.165) is 49.9 Å². The van der Waals surface area contributed by atoms with Crippen molar-refractivity contribution >= 4 is 28.5 Å². The number of carbonyl (C=O) groups excluding carboxylic acids is 2. The van der Waals surface area contributed by atoms with Gasteiger partial charge in [0.05, 0.1) is 47.0 Å². The van der Waals surface area contributed by atoms with Gasteiger partial charge in [-0.15, -0.1) is 5.10 Å². The van der Waals surface area contributed by atoms with E-state index in [1.165, 1.54) is 6.20 Å². The Bertz CT molecular complexity index is 2380. The number of rotatable bonds is 10. The summed E-state index contributed by atoms with van der Waals surface area (Å²) >= 11 is 0. The van der Waals surface area contributed by atoms with Gasteiger partial charge in [0.15, 0.2) is 11.5 Å². The lowest BCUT2D eigenvalue weighted by Crippen LogP contribution is -2.49. The molecule has 0 spiro atoms. The molecule has 6 heterocycles. The van der Waals surface area contributed by atoms with Gasteiger partial charge < -0.3 is 10.2 Å². The van der Waals surface area contributed by atoms with E-state index >= 15 is 4.39 Å². The SMILES string of the molecule is C[C@H](C#N)Nc1cc(-n2ncc3cc(C#N)cnc32)ncc1-n1cc(C2CCC(CCN3CCC(F)(c4ccc([C@@]5(C)CCC(=O)NC5=O)cc4)CC3)CC2)nn1. The van der Waals surface area contributed by atoms with Gasteiger partial charge in [-0.25, -0.2) is 19.0 Å². The minimum Gasteiger partial charge on any atom is -0.368 e. The molecule has 0 unspecified atom stereocenters. The van der Waals surface area contributed by atoms with Crippen LogP contribution in [0.15, 0.2) is 61.2 Å². The molecule has 2 atom stereocenters. The minimum absolute atomic E-state index is 0.246. The first-order valence-corrected chi connectivity index (χ1v) is 19.7. The molecule has 1 saturated carbocycles. The van der Waals surface area contributed by atoms with Crippen molar-refractivity contribution in [3.63, 3.8) is 0 Å². The van der Waals surface area contributed by atoms with E-state index in [-0.39, 0.29) is 11.8 Å². The molecular formula is C42H45FN12O2. The van der Waals surface area contributed by atoms with E-state index in [0.29, 0.717) is 90.0 Å². The van der Waals surface area contributed by atoms with Gasteiger partial charge in [-0.05, 0) is 94.9 Å². The van der Waals surface area contributed by atoms with Crippen molar-refractivity contribution in [3.8, 4) is 23.6 Å². The predicted molar refractivity (Wildman–Crippen MR) is 209 cm³/mol. The molecule has 1 aliphatic carbocycles. The second-order valence-electron chi connectivity index (χ2n) is 16.0. The quantitative estimate of drug-likeness (QED) is 0.161. The van der Waals surface area contributed by atoms with Crippen LogP contribution < -0.4 is 10.6 Å². The van der Waals surface area contributed by atoms with E-state index in [2.05, 4.69) is 53.1 Å². The maximum atomic E-state index is 16.2. The topological polar surface area (TPSA) is 183 Å². The Hall–Kier alpha value is -6.06. The third-order valence-corrected chi connectivity index (χ3v) is 12.4. The number of nitrogens with one attached hydrogen (secondary N) is 2. The fraction of sp³-hybridized carbons (Fsp3) is 0.452. The first-order valence-electron chi connectivity index (χ1n) is 19.7. The summed E-state index contributed by atoms with van der Waals surface area (Å²) in [5.74, 6) is 0.861. The van der Waals surface area contributed by atoms with Gasteiger partial charge in [-0.2, -0.15) is 20.3 Å². The minimum atomic E-state index is -1.39. The van der Waals surface area contributed by atoms with Crippen LogP contribution in [0.2, 0.25) is 0 Å². The highest BCUT2D eigenvalue weighted by Crippen LogP contribution is 2.41. The number of likely N-dealkylation sites (tertiary alicyclic amines) is 1. The lowest BCUT2D eigenvalue weighted by Gasteiger charge is -2.38. The first kappa shape index (κ1) is 37.8. The van der Waals surface area contributed by atoms with Crippen molar-refractivity contribution in [2.45, 2.75) is 94.7 Å². The smallest absolute Gasteiger partial charge is 0.236 e. The van der Waals surface area contributed by atoms with Crippen LogP contribution in [-0.4, -0.2) is 77.1 Å². The summed E-state index contributed by atoms with van der Waals surface area (Å²) in [6.07, 6.45) is 13.7. The number of imide groups is 1. The molecule has 4 aromatic heterocycles. The molecule has 3 aliphatic rings. The molecule has 14 nitrogen and oxygen atoms in total. The van der Waals surface area contributed by atoms with Crippen LogP contribution >= 0.6 is 0 Å². The zero-order valence-corrected chi connectivity index (χ0v) is 32.2. The number of aromatic nitrogens is 7. The first-order chi connectivity index (χ1) is 27.5. The van der Waals surface area contributed by atoms with E-state index in [9.17, 15) is 20.1 Å². The van der Waals surface area contributed by atoms with E-state index < -0.39 is 17.1 Å². The normalized spacial score (nSPS) is 23.0. The Kier molecular flexibility index (Phi) is 10.3. The summed E-state index contributed by atoms with van der Waals surface area (Å²) in [6, 6.07) is 14.7. The number of nitriles is 2. The monoisotopic (exact) mass is 768 g/mol. The fourth-order valence-electron chi connectivity index (χ4n) is 8.60. The van der Waals surface area contributed by atoms with Crippen LogP contribution in [0.1, 0.15) is 99.9 Å². The van der Waals surface area contributed by atoms with Crippen molar-refractivity contribution in [1.29, 1.82) is 10.5 Å². The molecule has 0 bridgehead atoms. The van der Waals surface area contributed by atoms with Crippen LogP contribution in [0.25, 0.3) is 22.5 Å². The molecule has 15 heteroatoms. The maximum absolute atomic E-state index is 16.2. The lowest BCUT2D eigenvalue weighted by molar-refractivity contribution is -0.137. The summed E-state index contributed by atoms with van der Waals surface area (Å²) in [5.41, 5.74) is 2.53. The highest BCUT2D eigenvalue weighted by molar-refractivity contribution is 6.03. The second kappa shape index (κ2) is 15.5. The number of anilines is 1. The maximum Gasteiger partial charge on any atom is 0.236 e. The van der Waals surface area contributed by atoms with Gasteiger partial charge in [0.2, 0.25) is 11.8 Å². The Labute approximate surface area is 330 Å². The third kappa shape index (κ3) is 7.59. The van der Waals surface area contributed by atoms with Crippen molar-refractivity contribution < 1.29 is 14.0 Å². The number of carbonyl (C=O) groups is 2. The van der Waals surface area contributed by atoms with Gasteiger partial charge in [-0.3, -0.25) is 14.9 Å². The number of alkyl halides is 1. The van der Waals surface area contributed by atoms with Gasteiger partial charge >= 0.3 is 0 Å². The van der Waals surface area contributed by atoms with E-state index in [1.54, 1.807) is 40.8 Å². The third-order valence-electron chi connectivity index (χ3n) is 12.4. The van der Waals surface area contributed by atoms with Crippen LogP contribution in [0, 0.1) is 28.6 Å². The Morgan fingerprint density at radius 3 is 2.47 bits per heavy atom. The van der Waals surface area contributed by atoms with Gasteiger partial charge in [0.1, 0.15) is 23.5 Å². The van der Waals surface area contributed by atoms with Crippen LogP contribution in [0.5, 0.6) is 0 Å². The number of benzene rings is 1. The van der Waals surface area contributed by atoms with Crippen LogP contribution in [0.3, 0.4) is 0 Å². The molecular weight excluding hydrogens is 724 g/mol. The number of amides is 2. The predicted octanol–water partition coefficient (Wildman–Crippen LogP) is 5.91. The van der Waals surface area contributed by atoms with Crippen molar-refractivity contribution in [2.24, 2.45) is 5.92 Å². The zero-order valence-electron chi connectivity index (χ0n) is 32.2. The number of fused-ring (bicyclic) bond motifs is 1. The average Bonchev–Trinajstić information content (AvgIpc) is 3.90. The molecule has 0 radical (unpaired) electrons. The molecule has 57 heavy (non-hydrogen) atoms. The number of piperidine rings is 2. The Balaban J connectivity index is 0.847. The average molecular weight is 769 g/mol. The van der Waals surface area contributed by atoms with Crippen molar-refractivity contribution in [2.75, 3.05) is 25.0 Å². The van der Waals surface area contributed by atoms with Crippen LogP contribution in [-0.2, 0) is 20.7 Å². The number of pyridine rings is 2. The molecule has 292 valence electrons. The fourth-order valence-corrected chi connectivity index (χ4v) is 8.60. The Morgan fingerprint density at radius 1 is 1.00 bits per heavy atom. The molecule has 2 saturated heterocycles. The lowest BCUT2D eigenvalue weighted by atomic mass is 9.74. The second-order valence-corrected chi connectivity index (χ2v) is 16.0. The van der Waals surface area contributed by atoms with Crippen molar-refractivity contribution in [1.82, 2.24) is 45.0 Å². The molecule has 3 fully saturated rings. The summed E-state index contributed by atoms with van der Waals surface area (Å²) in [5, 5.41) is 38.7. The Morgan fingerprint density at radius 2 is 1.75 bits per heavy atom. The number of nitrogens with zero attached hydrogens (tertiary/aromatic N) is 10. The summed E-state index contributed by atoms with van der Waals surface area (Å²) in [7, 11) is 0. The number of halogens is 1. The highest BCUT2D eigenvalue weighted by atomic mass is 19.1. The zero-order chi connectivity index (χ0) is 39.7. The largest absolute Gasteiger partial charge is 0.368 e. The summed E-state index contributed by atoms with van der Waals surface area (Å²) in [4.78, 5) is 35.7. The standard InChI is InChI=1S/C42H45FN12O2/c1-27(21-44)49-34-20-37(55-39-31(24-48-55)19-29(22-45)23-47-39)46-25-36(34)54-26-35(51-52-54)30-5-3-28(4-6-30)12-16-53-17-14-42(43,15-18-53)33-9-7-32(8-10-33)41(2)13-11-38(56)50-40(41)57/h7-10,19-20,23-28,30H,3-6,11-18H2,1-2H3,(H,46,49)(H,50,56,57)/t27-,28?,30?,41-/m1/s1. The molecule has 1 aromatic carbocycles. The van der Waals surface area contributed by atoms with E-state index in [1.807, 2.05) is 37.4 Å². The van der Waals surface area contributed by atoms with Gasteiger partial charge in [0.25, 0.3) is 0 Å². The highest BCUT2D eigenvalue weighted by Gasteiger charge is 2.41. The van der Waals surface area contributed by atoms with E-state index in [4.69, 9.17) is 0 Å². The molecule has 2 amide bonds. The molecule has 2 N–H and O–H groups in total. The molecule has 8 rings (SSSR count). The van der Waals surface area contributed by atoms with Crippen molar-refractivity contribution in [3.05, 3.63) is 83.6 Å². The van der Waals surface area contributed by atoms with Crippen LogP contribution in [0.4, 0.5) is 10.1 Å². The summed E-state index contributed by atoms with van der Waals surface area (Å²) in [6.45, 7) is 5.99. The summed E-state index contributed by atoms with van der Waals surface area (Å²) < 4.78 is 19.5. The molecule has 2 aliphatic heterocycles. The molecule has 5 aromatic rings.